The molecular formula is C27H49NO6S. The monoisotopic (exact) mass is 515 g/mol. The Bertz CT molecular complexity index is 717. The fraction of sp³-hybridized carbons (Fsp3) is 0.741. The molecule has 4 N–H and O–H groups in total. The first-order valence-electron chi connectivity index (χ1n) is 13.3. The van der Waals surface area contributed by atoms with Gasteiger partial charge in [-0.25, -0.2) is 0 Å². The highest BCUT2D eigenvalue weighted by molar-refractivity contribution is 7.85. The van der Waals surface area contributed by atoms with Crippen LogP contribution in [0, 0.1) is 0 Å². The smallest absolute Gasteiger partial charge is 0.267 e. The number of aliphatic hydroxyl groups excluding tert-OH is 2. The molecule has 7 nitrogen and oxygen atoms in total. The van der Waals surface area contributed by atoms with Gasteiger partial charge in [0, 0.05) is 6.42 Å². The summed E-state index contributed by atoms with van der Waals surface area (Å²) in [5.74, 6) is -1.64. The molecule has 8 heteroatoms. The molecule has 0 aliphatic heterocycles. The summed E-state index contributed by atoms with van der Waals surface area (Å²) in [4.78, 5) is 12.3. The van der Waals surface area contributed by atoms with E-state index in [0.29, 0.717) is 6.42 Å². The van der Waals surface area contributed by atoms with Crippen molar-refractivity contribution in [2.24, 2.45) is 0 Å². The molecule has 0 saturated heterocycles. The van der Waals surface area contributed by atoms with Crippen LogP contribution in [0.25, 0.3) is 0 Å². The third-order valence-corrected chi connectivity index (χ3v) is 6.46. The summed E-state index contributed by atoms with van der Waals surface area (Å²) in [6, 6.07) is -1.26. The number of unbranched alkanes of at least 4 members (excludes halogenated alkanes) is 10. The predicted molar refractivity (Wildman–Crippen MR) is 144 cm³/mol. The van der Waals surface area contributed by atoms with Crippen molar-refractivity contribution < 1.29 is 28.0 Å². The zero-order valence-corrected chi connectivity index (χ0v) is 22.6. The predicted octanol–water partition coefficient (Wildman–Crippen LogP) is 5.25. The summed E-state index contributed by atoms with van der Waals surface area (Å²) in [6.45, 7) is 4.32. The van der Waals surface area contributed by atoms with Crippen LogP contribution in [0.4, 0.5) is 0 Å². The minimum Gasteiger partial charge on any atom is -0.387 e. The molecule has 0 bridgehead atoms. The molecule has 0 aromatic rings. The van der Waals surface area contributed by atoms with Gasteiger partial charge in [-0.15, -0.1) is 0 Å². The van der Waals surface area contributed by atoms with E-state index in [4.69, 9.17) is 0 Å². The Hall–Kier alpha value is -1.48. The van der Waals surface area contributed by atoms with Crippen molar-refractivity contribution >= 4 is 16.0 Å². The Morgan fingerprint density at radius 1 is 0.800 bits per heavy atom. The topological polar surface area (TPSA) is 124 Å². The summed E-state index contributed by atoms with van der Waals surface area (Å²) in [6.07, 6.45) is 22.7. The number of aliphatic hydroxyl groups is 2. The highest BCUT2D eigenvalue weighted by atomic mass is 32.2. The number of nitrogens with one attached hydrogen (secondary N) is 1. The van der Waals surface area contributed by atoms with Crippen LogP contribution in [0.3, 0.4) is 0 Å². The summed E-state index contributed by atoms with van der Waals surface area (Å²) >= 11 is 0. The molecule has 204 valence electrons. The van der Waals surface area contributed by atoms with E-state index in [1.807, 2.05) is 6.08 Å². The highest BCUT2D eigenvalue weighted by Gasteiger charge is 2.27. The maximum Gasteiger partial charge on any atom is 0.267 e. The fourth-order valence-electron chi connectivity index (χ4n) is 3.55. The van der Waals surface area contributed by atoms with Crippen molar-refractivity contribution in [2.75, 3.05) is 5.75 Å². The second-order valence-corrected chi connectivity index (χ2v) is 10.6. The quantitative estimate of drug-likeness (QED) is 0.0887. The van der Waals surface area contributed by atoms with Gasteiger partial charge in [-0.3, -0.25) is 9.35 Å². The molecule has 0 aliphatic rings. The molecule has 0 spiro atoms. The van der Waals surface area contributed by atoms with Gasteiger partial charge in [-0.05, 0) is 32.1 Å². The van der Waals surface area contributed by atoms with Gasteiger partial charge in [0.2, 0.25) is 5.91 Å². The van der Waals surface area contributed by atoms with Gasteiger partial charge >= 0.3 is 0 Å². The van der Waals surface area contributed by atoms with Crippen molar-refractivity contribution in [2.45, 2.75) is 122 Å². The SMILES string of the molecule is CCCCCC/C=C/C(O)C(CS(=O)(=O)O)NC(=O)C(O)C/C=C\C/C=C\CCCCCCCC. The van der Waals surface area contributed by atoms with Gasteiger partial charge in [-0.2, -0.15) is 8.42 Å². The number of amides is 1. The number of hydrogen-bond donors (Lipinski definition) is 4. The number of allylic oxidation sites excluding steroid dienone is 4. The van der Waals surface area contributed by atoms with Gasteiger partial charge in [0.05, 0.1) is 17.9 Å². The van der Waals surface area contributed by atoms with Crippen LogP contribution < -0.4 is 5.32 Å². The van der Waals surface area contributed by atoms with Gasteiger partial charge in [-0.1, -0.05) is 102 Å². The highest BCUT2D eigenvalue weighted by Crippen LogP contribution is 2.08. The van der Waals surface area contributed by atoms with Crippen LogP contribution >= 0.6 is 0 Å². The van der Waals surface area contributed by atoms with Gasteiger partial charge in [0.1, 0.15) is 6.10 Å². The van der Waals surface area contributed by atoms with Crippen molar-refractivity contribution in [1.29, 1.82) is 0 Å². The molecule has 1 amide bonds. The molecule has 3 atom stereocenters. The largest absolute Gasteiger partial charge is 0.387 e. The average Bonchev–Trinajstić information content (AvgIpc) is 2.80. The molecule has 0 heterocycles. The molecule has 0 aliphatic carbocycles. The van der Waals surface area contributed by atoms with E-state index in [-0.39, 0.29) is 6.42 Å². The van der Waals surface area contributed by atoms with Crippen molar-refractivity contribution in [3.05, 3.63) is 36.5 Å². The number of carbonyl (C=O) groups is 1. The molecule has 0 fully saturated rings. The summed E-state index contributed by atoms with van der Waals surface area (Å²) in [5.41, 5.74) is 0. The van der Waals surface area contributed by atoms with Crippen LogP contribution in [0.1, 0.15) is 104 Å². The molecular weight excluding hydrogens is 466 g/mol. The Kier molecular flexibility index (Phi) is 20.9. The average molecular weight is 516 g/mol. The zero-order chi connectivity index (χ0) is 26.4. The van der Waals surface area contributed by atoms with E-state index in [1.165, 1.54) is 44.6 Å². The molecule has 35 heavy (non-hydrogen) atoms. The van der Waals surface area contributed by atoms with Gasteiger partial charge < -0.3 is 15.5 Å². The Morgan fingerprint density at radius 2 is 1.34 bits per heavy atom. The maximum atomic E-state index is 12.3. The number of carbonyl (C=O) groups excluding carboxylic acids is 1. The lowest BCUT2D eigenvalue weighted by atomic mass is 10.1. The van der Waals surface area contributed by atoms with Gasteiger partial charge in [0.25, 0.3) is 10.1 Å². The summed E-state index contributed by atoms with van der Waals surface area (Å²) in [7, 11) is -4.43. The molecule has 0 radical (unpaired) electrons. The molecule has 0 saturated carbocycles. The van der Waals surface area contributed by atoms with Crippen molar-refractivity contribution in [3.8, 4) is 0 Å². The Balaban J connectivity index is 4.43. The lowest BCUT2D eigenvalue weighted by Gasteiger charge is -2.22. The minimum absolute atomic E-state index is 0.0685. The summed E-state index contributed by atoms with van der Waals surface area (Å²) in [5, 5.41) is 22.8. The lowest BCUT2D eigenvalue weighted by Crippen LogP contribution is -2.50. The van der Waals surface area contributed by atoms with Crippen LogP contribution in [0.15, 0.2) is 36.5 Å². The van der Waals surface area contributed by atoms with Gasteiger partial charge in [0.15, 0.2) is 0 Å². The van der Waals surface area contributed by atoms with E-state index in [0.717, 1.165) is 38.5 Å². The normalized spacial score (nSPS) is 15.2. The van der Waals surface area contributed by atoms with Crippen LogP contribution in [0.2, 0.25) is 0 Å². The zero-order valence-electron chi connectivity index (χ0n) is 21.8. The fourth-order valence-corrected chi connectivity index (χ4v) is 4.29. The van der Waals surface area contributed by atoms with Crippen LogP contribution in [-0.2, 0) is 14.9 Å². The molecule has 0 rings (SSSR count). The van der Waals surface area contributed by atoms with Crippen molar-refractivity contribution in [1.82, 2.24) is 5.32 Å². The van der Waals surface area contributed by atoms with Crippen molar-refractivity contribution in [3.63, 3.8) is 0 Å². The second kappa shape index (κ2) is 21.8. The number of hydrogen-bond acceptors (Lipinski definition) is 5. The van der Waals surface area contributed by atoms with E-state index in [9.17, 15) is 28.0 Å². The molecule has 3 unspecified atom stereocenters. The van der Waals surface area contributed by atoms with E-state index < -0.39 is 40.0 Å². The first kappa shape index (κ1) is 33.5. The molecule has 0 aromatic carbocycles. The Morgan fingerprint density at radius 3 is 1.97 bits per heavy atom. The lowest BCUT2D eigenvalue weighted by molar-refractivity contribution is -0.130. The molecule has 0 aromatic heterocycles. The van der Waals surface area contributed by atoms with E-state index in [1.54, 1.807) is 12.2 Å². The standard InChI is InChI=1S/C27H49NO6S/c1-3-5-7-9-11-12-13-14-15-16-18-20-22-26(30)27(31)28-24(23-35(32,33)34)25(29)21-19-17-10-8-6-4-2/h14-15,18-21,24-26,29-30H,3-13,16-17,22-23H2,1-2H3,(H,28,31)(H,32,33,34)/b15-14-,20-18-,21-19+. The van der Waals surface area contributed by atoms with Crippen LogP contribution in [0.5, 0.6) is 0 Å². The third kappa shape index (κ3) is 21.5. The van der Waals surface area contributed by atoms with E-state index in [2.05, 4.69) is 31.3 Å². The maximum absolute atomic E-state index is 12.3. The second-order valence-electron chi connectivity index (χ2n) is 9.12. The Labute approximate surface area is 213 Å². The third-order valence-electron chi connectivity index (χ3n) is 5.68. The van der Waals surface area contributed by atoms with Crippen LogP contribution in [-0.4, -0.2) is 53.1 Å². The first-order valence-corrected chi connectivity index (χ1v) is 14.9. The summed E-state index contributed by atoms with van der Waals surface area (Å²) < 4.78 is 31.9. The minimum atomic E-state index is -4.43. The first-order chi connectivity index (χ1) is 16.7. The van der Waals surface area contributed by atoms with E-state index >= 15 is 0 Å². The number of rotatable bonds is 22.